The van der Waals surface area contributed by atoms with Crippen molar-refractivity contribution in [1.29, 1.82) is 0 Å². The van der Waals surface area contributed by atoms with Crippen molar-refractivity contribution < 1.29 is 0 Å². The van der Waals surface area contributed by atoms with Crippen LogP contribution in [0.25, 0.3) is 0 Å². The molecule has 0 spiro atoms. The van der Waals surface area contributed by atoms with Gasteiger partial charge in [0.15, 0.2) is 0 Å². The lowest BCUT2D eigenvalue weighted by atomic mass is 9.92. The summed E-state index contributed by atoms with van der Waals surface area (Å²) < 4.78 is 2.03. The van der Waals surface area contributed by atoms with Crippen LogP contribution in [0.15, 0.2) is 12.4 Å². The highest BCUT2D eigenvalue weighted by Crippen LogP contribution is 2.21. The van der Waals surface area contributed by atoms with E-state index < -0.39 is 0 Å². The van der Waals surface area contributed by atoms with Crippen molar-refractivity contribution in [3.63, 3.8) is 0 Å². The number of halogens is 1. The van der Waals surface area contributed by atoms with Crippen LogP contribution in [0.3, 0.4) is 0 Å². The molecule has 1 aliphatic rings. The summed E-state index contributed by atoms with van der Waals surface area (Å²) in [5, 5.41) is 4.32. The number of nitrogens with zero attached hydrogens (tertiary/aromatic N) is 3. The summed E-state index contributed by atoms with van der Waals surface area (Å²) in [4.78, 5) is 2.52. The first-order chi connectivity index (χ1) is 8.19. The molecule has 2 heterocycles. The third-order valence-electron chi connectivity index (χ3n) is 3.75. The second-order valence-corrected chi connectivity index (χ2v) is 5.34. The summed E-state index contributed by atoms with van der Waals surface area (Å²) in [5.74, 6) is 0.826. The van der Waals surface area contributed by atoms with E-state index in [-0.39, 0.29) is 12.4 Å². The summed E-state index contributed by atoms with van der Waals surface area (Å²) in [6.45, 7) is 8.41. The fourth-order valence-corrected chi connectivity index (χ4v) is 2.66. The predicted octanol–water partition coefficient (Wildman–Crippen LogP) is 1.67. The summed E-state index contributed by atoms with van der Waals surface area (Å²) in [6, 6.07) is 0.565. The van der Waals surface area contributed by atoms with Crippen LogP contribution in [0.5, 0.6) is 0 Å². The van der Waals surface area contributed by atoms with Crippen molar-refractivity contribution in [2.75, 3.05) is 19.6 Å². The SMILES string of the molecule is Cc1cnn(CCN2CCC(C)CC2CN)c1.Cl. The summed E-state index contributed by atoms with van der Waals surface area (Å²) in [6.07, 6.45) is 6.56. The van der Waals surface area contributed by atoms with Crippen LogP contribution >= 0.6 is 12.4 Å². The molecule has 2 rings (SSSR count). The molecule has 2 unspecified atom stereocenters. The van der Waals surface area contributed by atoms with Crippen molar-refractivity contribution in [2.45, 2.75) is 39.3 Å². The summed E-state index contributed by atoms with van der Waals surface area (Å²) >= 11 is 0. The molecule has 104 valence electrons. The van der Waals surface area contributed by atoms with Crippen LogP contribution in [-0.4, -0.2) is 40.4 Å². The van der Waals surface area contributed by atoms with Gasteiger partial charge in [-0.05, 0) is 37.8 Å². The van der Waals surface area contributed by atoms with Crippen LogP contribution in [0, 0.1) is 12.8 Å². The molecular weight excluding hydrogens is 248 g/mol. The standard InChI is InChI=1S/C13H24N4.ClH/c1-11-3-4-16(13(7-11)8-14)5-6-17-10-12(2)9-15-17;/h9-11,13H,3-8,14H2,1-2H3;1H. The second kappa shape index (κ2) is 7.12. The van der Waals surface area contributed by atoms with Gasteiger partial charge in [-0.2, -0.15) is 5.10 Å². The van der Waals surface area contributed by atoms with E-state index in [4.69, 9.17) is 5.73 Å². The molecular formula is C13H25ClN4. The first-order valence-electron chi connectivity index (χ1n) is 6.62. The minimum atomic E-state index is 0. The highest BCUT2D eigenvalue weighted by molar-refractivity contribution is 5.85. The Morgan fingerprint density at radius 2 is 2.22 bits per heavy atom. The minimum Gasteiger partial charge on any atom is -0.329 e. The Morgan fingerprint density at radius 1 is 1.44 bits per heavy atom. The molecule has 0 radical (unpaired) electrons. The van der Waals surface area contributed by atoms with E-state index in [2.05, 4.69) is 30.0 Å². The number of piperidine rings is 1. The van der Waals surface area contributed by atoms with Gasteiger partial charge in [-0.1, -0.05) is 6.92 Å². The largest absolute Gasteiger partial charge is 0.329 e. The highest BCUT2D eigenvalue weighted by atomic mass is 35.5. The molecule has 0 amide bonds. The molecule has 1 saturated heterocycles. The monoisotopic (exact) mass is 272 g/mol. The number of hydrogen-bond acceptors (Lipinski definition) is 3. The topological polar surface area (TPSA) is 47.1 Å². The number of aromatic nitrogens is 2. The van der Waals surface area contributed by atoms with E-state index in [9.17, 15) is 0 Å². The molecule has 4 nitrogen and oxygen atoms in total. The Kier molecular flexibility index (Phi) is 6.12. The van der Waals surface area contributed by atoms with Gasteiger partial charge in [-0.15, -0.1) is 12.4 Å². The van der Waals surface area contributed by atoms with Gasteiger partial charge in [0.1, 0.15) is 0 Å². The normalized spacial score (nSPS) is 24.8. The lowest BCUT2D eigenvalue weighted by Crippen LogP contribution is -2.47. The molecule has 2 N–H and O–H groups in total. The van der Waals surface area contributed by atoms with E-state index in [1.807, 2.05) is 10.9 Å². The summed E-state index contributed by atoms with van der Waals surface area (Å²) in [7, 11) is 0. The Labute approximate surface area is 116 Å². The number of aryl methyl sites for hydroxylation is 1. The molecule has 0 aromatic carbocycles. The lowest BCUT2D eigenvalue weighted by Gasteiger charge is -2.37. The average molecular weight is 273 g/mol. The van der Waals surface area contributed by atoms with Gasteiger partial charge in [0, 0.05) is 25.3 Å². The zero-order chi connectivity index (χ0) is 12.3. The Bertz CT molecular complexity index is 353. The van der Waals surface area contributed by atoms with E-state index in [0.717, 1.165) is 25.6 Å². The average Bonchev–Trinajstić information content (AvgIpc) is 2.73. The van der Waals surface area contributed by atoms with Gasteiger partial charge in [-0.25, -0.2) is 0 Å². The lowest BCUT2D eigenvalue weighted by molar-refractivity contribution is 0.117. The van der Waals surface area contributed by atoms with E-state index in [0.29, 0.717) is 6.04 Å². The van der Waals surface area contributed by atoms with Crippen LogP contribution in [0.2, 0.25) is 0 Å². The van der Waals surface area contributed by atoms with Gasteiger partial charge < -0.3 is 5.73 Å². The minimum absolute atomic E-state index is 0. The predicted molar refractivity (Wildman–Crippen MR) is 77.0 cm³/mol. The molecule has 2 atom stereocenters. The van der Waals surface area contributed by atoms with Crippen molar-refractivity contribution in [3.05, 3.63) is 18.0 Å². The molecule has 0 bridgehead atoms. The molecule has 0 saturated carbocycles. The maximum Gasteiger partial charge on any atom is 0.0536 e. The zero-order valence-electron chi connectivity index (χ0n) is 11.4. The van der Waals surface area contributed by atoms with Crippen molar-refractivity contribution in [3.8, 4) is 0 Å². The highest BCUT2D eigenvalue weighted by Gasteiger charge is 2.24. The number of likely N-dealkylation sites (tertiary alicyclic amines) is 1. The van der Waals surface area contributed by atoms with E-state index in [1.54, 1.807) is 0 Å². The van der Waals surface area contributed by atoms with Crippen LogP contribution in [-0.2, 0) is 6.54 Å². The van der Waals surface area contributed by atoms with Crippen LogP contribution < -0.4 is 5.73 Å². The van der Waals surface area contributed by atoms with Crippen molar-refractivity contribution in [2.24, 2.45) is 11.7 Å². The van der Waals surface area contributed by atoms with Gasteiger partial charge in [0.05, 0.1) is 12.7 Å². The van der Waals surface area contributed by atoms with E-state index >= 15 is 0 Å². The van der Waals surface area contributed by atoms with Crippen molar-refractivity contribution in [1.82, 2.24) is 14.7 Å². The first kappa shape index (κ1) is 15.5. The molecule has 1 fully saturated rings. The van der Waals surface area contributed by atoms with Crippen molar-refractivity contribution >= 4 is 12.4 Å². The van der Waals surface area contributed by atoms with Gasteiger partial charge in [0.2, 0.25) is 0 Å². The van der Waals surface area contributed by atoms with E-state index in [1.165, 1.54) is 24.9 Å². The van der Waals surface area contributed by atoms with Gasteiger partial charge in [0.25, 0.3) is 0 Å². The molecule has 0 aliphatic carbocycles. The second-order valence-electron chi connectivity index (χ2n) is 5.34. The van der Waals surface area contributed by atoms with Gasteiger partial charge in [-0.3, -0.25) is 9.58 Å². The summed E-state index contributed by atoms with van der Waals surface area (Å²) in [5.41, 5.74) is 7.09. The third kappa shape index (κ3) is 3.97. The van der Waals surface area contributed by atoms with Crippen LogP contribution in [0.4, 0.5) is 0 Å². The quantitative estimate of drug-likeness (QED) is 0.907. The number of nitrogens with two attached hydrogens (primary N) is 1. The molecule has 1 aromatic rings. The maximum atomic E-state index is 5.86. The van der Waals surface area contributed by atoms with Crippen LogP contribution in [0.1, 0.15) is 25.3 Å². The Morgan fingerprint density at radius 3 is 2.83 bits per heavy atom. The zero-order valence-corrected chi connectivity index (χ0v) is 12.2. The Hall–Kier alpha value is -0.580. The van der Waals surface area contributed by atoms with Gasteiger partial charge >= 0.3 is 0 Å². The molecule has 18 heavy (non-hydrogen) atoms. The number of hydrogen-bond donors (Lipinski definition) is 1. The smallest absolute Gasteiger partial charge is 0.0536 e. The number of rotatable bonds is 4. The third-order valence-corrected chi connectivity index (χ3v) is 3.75. The first-order valence-corrected chi connectivity index (χ1v) is 6.62. The molecule has 5 heteroatoms. The molecule has 1 aliphatic heterocycles. The maximum absolute atomic E-state index is 5.86. The fraction of sp³-hybridized carbons (Fsp3) is 0.769. The Balaban J connectivity index is 0.00000162. The molecule has 1 aromatic heterocycles. The fourth-order valence-electron chi connectivity index (χ4n) is 2.66.